The second kappa shape index (κ2) is 9.67. The van der Waals surface area contributed by atoms with Crippen LogP contribution in [0.1, 0.15) is 41.3 Å². The lowest BCUT2D eigenvalue weighted by Gasteiger charge is -2.33. The lowest BCUT2D eigenvalue weighted by molar-refractivity contribution is 0.227. The van der Waals surface area contributed by atoms with Crippen LogP contribution in [0.3, 0.4) is 0 Å². The molecule has 5 nitrogen and oxygen atoms in total. The van der Waals surface area contributed by atoms with Crippen molar-refractivity contribution in [2.45, 2.75) is 45.7 Å². The van der Waals surface area contributed by atoms with Crippen LogP contribution >= 0.6 is 12.4 Å². The smallest absolute Gasteiger partial charge is 0.165 e. The van der Waals surface area contributed by atoms with Gasteiger partial charge < -0.3 is 18.9 Å². The highest BCUT2D eigenvalue weighted by Crippen LogP contribution is 2.42. The SMILES string of the molecule is Cc1c(C)n(C(C2=CC=CCC2)C2=COC=CO2)c2c(N3CCc4ccccc4C3)ccnc12.Cl. The number of halogens is 1. The number of rotatable bonds is 4. The van der Waals surface area contributed by atoms with Crippen molar-refractivity contribution >= 4 is 29.1 Å². The number of benzene rings is 1. The Bertz CT molecular complexity index is 1380. The van der Waals surface area contributed by atoms with Crippen LogP contribution in [0.25, 0.3) is 11.0 Å². The molecular formula is C29H30ClN3O2. The largest absolute Gasteiger partial charge is 0.466 e. The van der Waals surface area contributed by atoms with Crippen LogP contribution in [0.5, 0.6) is 0 Å². The molecule has 6 rings (SSSR count). The Kier molecular flexibility index (Phi) is 6.44. The third kappa shape index (κ3) is 4.04. The highest BCUT2D eigenvalue weighted by molar-refractivity contribution is 5.93. The molecule has 3 aromatic rings. The first-order valence-electron chi connectivity index (χ1n) is 12.0. The molecule has 1 aromatic carbocycles. The maximum absolute atomic E-state index is 6.03. The molecule has 0 amide bonds. The van der Waals surface area contributed by atoms with E-state index in [9.17, 15) is 0 Å². The van der Waals surface area contributed by atoms with E-state index in [0.29, 0.717) is 0 Å². The summed E-state index contributed by atoms with van der Waals surface area (Å²) in [5, 5.41) is 0. The normalized spacial score (nSPS) is 17.6. The van der Waals surface area contributed by atoms with Crippen LogP contribution in [0.2, 0.25) is 0 Å². The van der Waals surface area contributed by atoms with E-state index < -0.39 is 0 Å². The van der Waals surface area contributed by atoms with Gasteiger partial charge in [-0.3, -0.25) is 4.98 Å². The number of ether oxygens (including phenoxy) is 2. The lowest BCUT2D eigenvalue weighted by atomic mass is 9.95. The van der Waals surface area contributed by atoms with Crippen molar-refractivity contribution in [3.05, 3.63) is 107 Å². The molecule has 0 fully saturated rings. The second-order valence-corrected chi connectivity index (χ2v) is 9.21. The van der Waals surface area contributed by atoms with E-state index in [2.05, 4.69) is 71.9 Å². The number of fused-ring (bicyclic) bond motifs is 2. The average Bonchev–Trinajstić information content (AvgIpc) is 3.15. The predicted octanol–water partition coefficient (Wildman–Crippen LogP) is 6.81. The fourth-order valence-electron chi connectivity index (χ4n) is 5.48. The highest BCUT2D eigenvalue weighted by Gasteiger charge is 2.31. The summed E-state index contributed by atoms with van der Waals surface area (Å²) in [7, 11) is 0. The van der Waals surface area contributed by atoms with Gasteiger partial charge in [0.2, 0.25) is 0 Å². The molecule has 0 saturated heterocycles. The summed E-state index contributed by atoms with van der Waals surface area (Å²) in [6.07, 6.45) is 16.5. The minimum absolute atomic E-state index is 0. The molecule has 2 aliphatic heterocycles. The van der Waals surface area contributed by atoms with Gasteiger partial charge in [-0.2, -0.15) is 0 Å². The molecule has 4 heterocycles. The quantitative estimate of drug-likeness (QED) is 0.405. The standard InChI is InChI=1S/C29H29N3O2.ClH/c1-20-21(2)32(28(23-9-4-3-5-10-23)26-19-33-16-17-34-26)29-25(12-14-30-27(20)29)31-15-13-22-8-6-7-11-24(22)18-31;/h3-4,6-9,11-12,14,16-17,19,28H,5,10,13,15,18H2,1-2H3;1H. The van der Waals surface area contributed by atoms with E-state index in [1.54, 1.807) is 18.8 Å². The second-order valence-electron chi connectivity index (χ2n) is 9.21. The first-order valence-corrected chi connectivity index (χ1v) is 12.0. The third-order valence-corrected chi connectivity index (χ3v) is 7.32. The number of hydrogen-bond donors (Lipinski definition) is 0. The maximum atomic E-state index is 6.03. The van der Waals surface area contributed by atoms with Gasteiger partial charge in [0, 0.05) is 25.0 Å². The summed E-state index contributed by atoms with van der Waals surface area (Å²) in [5.41, 5.74) is 10.0. The fourth-order valence-corrected chi connectivity index (χ4v) is 5.48. The Morgan fingerprint density at radius 1 is 1.03 bits per heavy atom. The van der Waals surface area contributed by atoms with Crippen molar-refractivity contribution in [1.82, 2.24) is 9.55 Å². The van der Waals surface area contributed by atoms with Crippen molar-refractivity contribution in [2.75, 3.05) is 11.4 Å². The number of anilines is 1. The molecular weight excluding hydrogens is 458 g/mol. The van der Waals surface area contributed by atoms with Gasteiger partial charge >= 0.3 is 0 Å². The number of nitrogens with zero attached hydrogens (tertiary/aromatic N) is 3. The summed E-state index contributed by atoms with van der Waals surface area (Å²) in [5.74, 6) is 0.794. The Labute approximate surface area is 212 Å². The molecule has 6 heteroatoms. The highest BCUT2D eigenvalue weighted by atomic mass is 35.5. The van der Waals surface area contributed by atoms with Crippen molar-refractivity contribution < 1.29 is 9.47 Å². The zero-order valence-corrected chi connectivity index (χ0v) is 20.9. The van der Waals surface area contributed by atoms with Crippen molar-refractivity contribution in [3.8, 4) is 0 Å². The molecule has 0 bridgehead atoms. The number of aryl methyl sites for hydroxylation is 1. The van der Waals surface area contributed by atoms with Crippen LogP contribution in [-0.4, -0.2) is 16.1 Å². The minimum Gasteiger partial charge on any atom is -0.466 e. The van der Waals surface area contributed by atoms with Crippen LogP contribution < -0.4 is 4.90 Å². The van der Waals surface area contributed by atoms with Crippen molar-refractivity contribution in [1.29, 1.82) is 0 Å². The number of allylic oxidation sites excluding steroid dienone is 4. The summed E-state index contributed by atoms with van der Waals surface area (Å²) >= 11 is 0. The van der Waals surface area contributed by atoms with Crippen molar-refractivity contribution in [2.24, 2.45) is 0 Å². The Morgan fingerprint density at radius 3 is 2.66 bits per heavy atom. The number of hydrogen-bond acceptors (Lipinski definition) is 4. The van der Waals surface area contributed by atoms with Gasteiger partial charge in [-0.1, -0.05) is 42.5 Å². The topological polar surface area (TPSA) is 39.5 Å². The molecule has 0 N–H and O–H groups in total. The zero-order valence-electron chi connectivity index (χ0n) is 20.1. The molecule has 2 aromatic heterocycles. The van der Waals surface area contributed by atoms with Crippen LogP contribution in [0, 0.1) is 13.8 Å². The molecule has 180 valence electrons. The zero-order chi connectivity index (χ0) is 23.1. The van der Waals surface area contributed by atoms with Crippen LogP contribution in [0.15, 0.2) is 84.9 Å². The van der Waals surface area contributed by atoms with E-state index in [-0.39, 0.29) is 18.4 Å². The predicted molar refractivity (Wildman–Crippen MR) is 143 cm³/mol. The van der Waals surface area contributed by atoms with Gasteiger partial charge in [0.25, 0.3) is 0 Å². The fraction of sp³-hybridized carbons (Fsp3) is 0.276. The third-order valence-electron chi connectivity index (χ3n) is 7.32. The molecule has 1 atom stereocenters. The summed E-state index contributed by atoms with van der Waals surface area (Å²) in [6.45, 7) is 6.26. The summed E-state index contributed by atoms with van der Waals surface area (Å²) < 4.78 is 14.0. The molecule has 0 saturated carbocycles. The van der Waals surface area contributed by atoms with Crippen LogP contribution in [-0.2, 0) is 22.4 Å². The Hall–Kier alpha value is -3.44. The van der Waals surface area contributed by atoms with E-state index in [0.717, 1.165) is 49.1 Å². The monoisotopic (exact) mass is 487 g/mol. The molecule has 1 aliphatic carbocycles. The van der Waals surface area contributed by atoms with E-state index in [4.69, 9.17) is 14.5 Å². The minimum atomic E-state index is -0.0915. The lowest BCUT2D eigenvalue weighted by Crippen LogP contribution is -2.31. The average molecular weight is 488 g/mol. The molecule has 35 heavy (non-hydrogen) atoms. The van der Waals surface area contributed by atoms with Gasteiger partial charge in [-0.25, -0.2) is 0 Å². The van der Waals surface area contributed by atoms with E-state index >= 15 is 0 Å². The summed E-state index contributed by atoms with van der Waals surface area (Å²) in [6, 6.07) is 10.9. The molecule has 0 radical (unpaired) electrons. The van der Waals surface area contributed by atoms with E-state index in [1.165, 1.54) is 33.6 Å². The van der Waals surface area contributed by atoms with Gasteiger partial charge in [0.15, 0.2) is 5.76 Å². The van der Waals surface area contributed by atoms with Crippen molar-refractivity contribution in [3.63, 3.8) is 0 Å². The Balaban J connectivity index is 0.00000253. The first kappa shape index (κ1) is 23.3. The molecule has 1 unspecified atom stereocenters. The van der Waals surface area contributed by atoms with Crippen LogP contribution in [0.4, 0.5) is 5.69 Å². The Morgan fingerprint density at radius 2 is 1.89 bits per heavy atom. The van der Waals surface area contributed by atoms with Gasteiger partial charge in [-0.05, 0) is 61.4 Å². The summed E-state index contributed by atoms with van der Waals surface area (Å²) in [4.78, 5) is 7.35. The first-order chi connectivity index (χ1) is 16.7. The molecule has 3 aliphatic rings. The number of aromatic nitrogens is 2. The molecule has 0 spiro atoms. The number of pyridine rings is 1. The van der Waals surface area contributed by atoms with E-state index in [1.807, 2.05) is 6.20 Å². The van der Waals surface area contributed by atoms with Gasteiger partial charge in [0.1, 0.15) is 24.8 Å². The van der Waals surface area contributed by atoms with Gasteiger partial charge in [0.05, 0.1) is 16.7 Å². The van der Waals surface area contributed by atoms with Gasteiger partial charge in [-0.15, -0.1) is 12.4 Å². The maximum Gasteiger partial charge on any atom is 0.165 e.